The number of ether oxygens (including phenoxy) is 2. The van der Waals surface area contributed by atoms with Gasteiger partial charge in [0.05, 0.1) is 25.7 Å². The maximum Gasteiger partial charge on any atom is 0.264 e. The van der Waals surface area contributed by atoms with Gasteiger partial charge in [-0.15, -0.1) is 10.2 Å². The molecular formula is C22H27N7O3S. The number of nitrogens with one attached hydrogen (secondary N) is 2. The highest BCUT2D eigenvalue weighted by molar-refractivity contribution is 7.99. The molecule has 2 aromatic carbocycles. The summed E-state index contributed by atoms with van der Waals surface area (Å²) >= 11 is 1.18. The van der Waals surface area contributed by atoms with E-state index in [-0.39, 0.29) is 17.6 Å². The molecule has 0 saturated carbocycles. The number of aromatic nitrogens is 3. The minimum Gasteiger partial charge on any atom is -0.493 e. The SMILES string of the molecule is COc1ccc(/C(C)=N/Nc2nnc(SCC(=O)Nc3ccc(C)c(C)c3)n2N)cc1OC. The van der Waals surface area contributed by atoms with Gasteiger partial charge in [-0.3, -0.25) is 4.79 Å². The smallest absolute Gasteiger partial charge is 0.264 e. The van der Waals surface area contributed by atoms with Crippen LogP contribution in [0, 0.1) is 13.8 Å². The summed E-state index contributed by atoms with van der Waals surface area (Å²) in [5, 5.41) is 15.6. The second kappa shape index (κ2) is 10.7. The van der Waals surface area contributed by atoms with E-state index in [2.05, 4.69) is 26.0 Å². The van der Waals surface area contributed by atoms with Crippen molar-refractivity contribution in [1.29, 1.82) is 0 Å². The molecule has 3 aromatic rings. The Labute approximate surface area is 196 Å². The first-order chi connectivity index (χ1) is 15.8. The minimum absolute atomic E-state index is 0.135. The normalized spacial score (nSPS) is 11.2. The second-order valence-electron chi connectivity index (χ2n) is 7.19. The molecule has 0 fully saturated rings. The van der Waals surface area contributed by atoms with Crippen molar-refractivity contribution in [3.8, 4) is 11.5 Å². The number of hydrogen-bond donors (Lipinski definition) is 3. The Morgan fingerprint density at radius 2 is 1.85 bits per heavy atom. The number of hydrogen-bond acceptors (Lipinski definition) is 9. The van der Waals surface area contributed by atoms with Crippen LogP contribution in [0.2, 0.25) is 0 Å². The van der Waals surface area contributed by atoms with Gasteiger partial charge in [-0.25, -0.2) is 10.1 Å². The summed E-state index contributed by atoms with van der Waals surface area (Å²) in [6.07, 6.45) is 0. The molecule has 0 aliphatic heterocycles. The zero-order chi connectivity index (χ0) is 24.0. The molecule has 33 heavy (non-hydrogen) atoms. The van der Waals surface area contributed by atoms with E-state index in [1.807, 2.05) is 51.1 Å². The van der Waals surface area contributed by atoms with E-state index in [1.54, 1.807) is 20.3 Å². The van der Waals surface area contributed by atoms with Crippen molar-refractivity contribution in [3.05, 3.63) is 53.1 Å². The minimum atomic E-state index is -0.164. The fourth-order valence-electron chi connectivity index (χ4n) is 2.86. The fraction of sp³-hybridized carbons (Fsp3) is 0.273. The largest absolute Gasteiger partial charge is 0.493 e. The first-order valence-electron chi connectivity index (χ1n) is 10.1. The number of methoxy groups -OCH3 is 2. The second-order valence-corrected chi connectivity index (χ2v) is 8.13. The lowest BCUT2D eigenvalue weighted by molar-refractivity contribution is -0.113. The lowest BCUT2D eigenvalue weighted by atomic mass is 10.1. The molecule has 174 valence electrons. The number of thioether (sulfide) groups is 1. The van der Waals surface area contributed by atoms with E-state index in [0.717, 1.165) is 16.8 Å². The number of hydrazone groups is 1. The first-order valence-corrected chi connectivity index (χ1v) is 11.0. The van der Waals surface area contributed by atoms with E-state index in [1.165, 1.54) is 22.0 Å². The molecule has 0 atom stereocenters. The summed E-state index contributed by atoms with van der Waals surface area (Å²) in [6, 6.07) is 11.3. The molecule has 11 heteroatoms. The molecule has 0 aliphatic rings. The maximum absolute atomic E-state index is 12.3. The van der Waals surface area contributed by atoms with Crippen LogP contribution in [-0.2, 0) is 4.79 Å². The topological polar surface area (TPSA) is 129 Å². The third-order valence-electron chi connectivity index (χ3n) is 4.91. The van der Waals surface area contributed by atoms with Crippen LogP contribution in [0.25, 0.3) is 0 Å². The van der Waals surface area contributed by atoms with Crippen molar-refractivity contribution >= 4 is 35.0 Å². The highest BCUT2D eigenvalue weighted by atomic mass is 32.2. The van der Waals surface area contributed by atoms with E-state index >= 15 is 0 Å². The Kier molecular flexibility index (Phi) is 7.78. The van der Waals surface area contributed by atoms with Crippen molar-refractivity contribution in [2.45, 2.75) is 25.9 Å². The number of aryl methyl sites for hydroxylation is 2. The van der Waals surface area contributed by atoms with Gasteiger partial charge < -0.3 is 20.6 Å². The van der Waals surface area contributed by atoms with Crippen LogP contribution in [0.3, 0.4) is 0 Å². The van der Waals surface area contributed by atoms with Crippen LogP contribution in [0.15, 0.2) is 46.7 Å². The van der Waals surface area contributed by atoms with Crippen LogP contribution in [0.1, 0.15) is 23.6 Å². The quantitative estimate of drug-likeness (QED) is 0.189. The third-order valence-corrected chi connectivity index (χ3v) is 5.86. The zero-order valence-corrected chi connectivity index (χ0v) is 20.0. The van der Waals surface area contributed by atoms with Crippen molar-refractivity contribution in [2.24, 2.45) is 5.10 Å². The molecule has 0 unspecified atom stereocenters. The molecule has 1 heterocycles. The Morgan fingerprint density at radius 1 is 1.09 bits per heavy atom. The summed E-state index contributed by atoms with van der Waals surface area (Å²) in [5.74, 6) is 7.50. The number of carbonyl (C=O) groups excluding carboxylic acids is 1. The Hall–Kier alpha value is -3.73. The third kappa shape index (κ3) is 5.95. The molecule has 0 bridgehead atoms. The lowest BCUT2D eigenvalue weighted by Crippen LogP contribution is -2.17. The summed E-state index contributed by atoms with van der Waals surface area (Å²) in [5.41, 5.74) is 7.35. The standard InChI is InChI=1S/C22H27N7O3S/c1-13-6-8-17(10-14(13)2)24-20(30)12-33-22-28-27-21(29(22)23)26-25-15(3)16-7-9-18(31-4)19(11-16)32-5/h6-11H,12,23H2,1-5H3,(H,24,30)(H,26,27)/b25-15+. The highest BCUT2D eigenvalue weighted by Gasteiger charge is 2.13. The molecule has 1 amide bonds. The molecular weight excluding hydrogens is 442 g/mol. The van der Waals surface area contributed by atoms with Crippen molar-refractivity contribution in [2.75, 3.05) is 36.6 Å². The van der Waals surface area contributed by atoms with Gasteiger partial charge in [0.15, 0.2) is 11.5 Å². The van der Waals surface area contributed by atoms with Crippen LogP contribution >= 0.6 is 11.8 Å². The molecule has 3 rings (SSSR count). The van der Waals surface area contributed by atoms with E-state index in [4.69, 9.17) is 15.3 Å². The number of benzene rings is 2. The number of nitrogens with two attached hydrogens (primary N) is 1. The molecule has 0 saturated heterocycles. The average Bonchev–Trinajstić information content (AvgIpc) is 3.17. The van der Waals surface area contributed by atoms with Crippen LogP contribution in [0.4, 0.5) is 11.6 Å². The van der Waals surface area contributed by atoms with E-state index in [9.17, 15) is 4.79 Å². The van der Waals surface area contributed by atoms with E-state index in [0.29, 0.717) is 22.4 Å². The van der Waals surface area contributed by atoms with E-state index < -0.39 is 0 Å². The number of carbonyl (C=O) groups is 1. The van der Waals surface area contributed by atoms with Gasteiger partial charge in [-0.1, -0.05) is 17.8 Å². The lowest BCUT2D eigenvalue weighted by Gasteiger charge is -2.09. The fourth-order valence-corrected chi connectivity index (χ4v) is 3.51. The summed E-state index contributed by atoms with van der Waals surface area (Å²) in [7, 11) is 3.15. The monoisotopic (exact) mass is 469 g/mol. The van der Waals surface area contributed by atoms with Gasteiger partial charge in [0, 0.05) is 11.3 Å². The van der Waals surface area contributed by atoms with Gasteiger partial charge in [-0.2, -0.15) is 5.10 Å². The van der Waals surface area contributed by atoms with Crippen molar-refractivity contribution in [3.63, 3.8) is 0 Å². The predicted molar refractivity (Wildman–Crippen MR) is 131 cm³/mol. The Balaban J connectivity index is 1.60. The molecule has 0 aliphatic carbocycles. The summed E-state index contributed by atoms with van der Waals surface area (Å²) < 4.78 is 11.8. The van der Waals surface area contributed by atoms with Crippen molar-refractivity contribution in [1.82, 2.24) is 14.9 Å². The first kappa shape index (κ1) is 23.9. The molecule has 10 nitrogen and oxygen atoms in total. The van der Waals surface area contributed by atoms with Crippen LogP contribution in [-0.4, -0.2) is 46.5 Å². The van der Waals surface area contributed by atoms with Crippen LogP contribution in [0.5, 0.6) is 11.5 Å². The predicted octanol–water partition coefficient (Wildman–Crippen LogP) is 3.19. The van der Waals surface area contributed by atoms with Crippen LogP contribution < -0.4 is 26.1 Å². The number of nitrogens with zero attached hydrogens (tertiary/aromatic N) is 4. The van der Waals surface area contributed by atoms with Gasteiger partial charge in [0.1, 0.15) is 0 Å². The number of anilines is 2. The summed E-state index contributed by atoms with van der Waals surface area (Å²) in [6.45, 7) is 5.86. The molecule has 4 N–H and O–H groups in total. The van der Waals surface area contributed by atoms with Gasteiger partial charge in [0.2, 0.25) is 11.1 Å². The van der Waals surface area contributed by atoms with Gasteiger partial charge in [-0.05, 0) is 62.2 Å². The Bertz CT molecular complexity index is 1180. The number of nitrogen functional groups attached to an aromatic ring is 1. The van der Waals surface area contributed by atoms with Gasteiger partial charge in [0.25, 0.3) is 5.95 Å². The molecule has 0 radical (unpaired) electrons. The summed E-state index contributed by atoms with van der Waals surface area (Å²) in [4.78, 5) is 12.3. The number of rotatable bonds is 9. The Morgan fingerprint density at radius 3 is 2.55 bits per heavy atom. The average molecular weight is 470 g/mol. The highest BCUT2D eigenvalue weighted by Crippen LogP contribution is 2.28. The molecule has 0 spiro atoms. The van der Waals surface area contributed by atoms with Gasteiger partial charge >= 0.3 is 0 Å². The molecule has 1 aromatic heterocycles. The number of amides is 1. The maximum atomic E-state index is 12.3. The zero-order valence-electron chi connectivity index (χ0n) is 19.2. The van der Waals surface area contributed by atoms with Crippen molar-refractivity contribution < 1.29 is 14.3 Å².